The van der Waals surface area contributed by atoms with Gasteiger partial charge in [0.1, 0.15) is 17.1 Å². The maximum atomic E-state index is 5.16. The molecule has 0 radical (unpaired) electrons. The molecule has 0 unspecified atom stereocenters. The highest BCUT2D eigenvalue weighted by Crippen LogP contribution is 2.37. The van der Waals surface area contributed by atoms with Gasteiger partial charge in [0.05, 0.1) is 137 Å². The Balaban J connectivity index is 0.000000159. The Hall–Kier alpha value is -17.1. The van der Waals surface area contributed by atoms with Crippen molar-refractivity contribution >= 4 is 0 Å². The summed E-state index contributed by atoms with van der Waals surface area (Å²) in [6.45, 7) is 0. The first kappa shape index (κ1) is 73.1. The molecule has 0 aliphatic carbocycles. The number of aromatic nitrogens is 21. The minimum absolute atomic E-state index is 0.336. The molecular formula is C99H63N21. The van der Waals surface area contributed by atoms with Gasteiger partial charge in [-0.05, 0) is 237 Å². The molecule has 20 aromatic rings. The smallest absolute Gasteiger partial charge is 0.182 e. The average Bonchev–Trinajstić information content (AvgIpc) is 0.783. The van der Waals surface area contributed by atoms with Crippen LogP contribution >= 0.6 is 0 Å². The highest BCUT2D eigenvalue weighted by atomic mass is 15.1. The van der Waals surface area contributed by atoms with Crippen LogP contribution in [-0.4, -0.2) is 105 Å². The van der Waals surface area contributed by atoms with E-state index >= 15 is 0 Å². The maximum absolute atomic E-state index is 5.16. The van der Waals surface area contributed by atoms with Crippen molar-refractivity contribution in [1.29, 1.82) is 0 Å². The molecule has 0 saturated carbocycles. The van der Waals surface area contributed by atoms with Crippen molar-refractivity contribution < 1.29 is 0 Å². The third kappa shape index (κ3) is 16.5. The van der Waals surface area contributed by atoms with Gasteiger partial charge >= 0.3 is 0 Å². The van der Waals surface area contributed by atoms with E-state index in [-0.39, 0.29) is 0 Å². The van der Waals surface area contributed by atoms with Crippen molar-refractivity contribution in [3.63, 3.8) is 0 Å². The lowest BCUT2D eigenvalue weighted by atomic mass is 9.98. The fraction of sp³-hybridized carbons (Fsp3) is 0. The molecule has 0 fully saturated rings. The van der Waals surface area contributed by atoms with E-state index in [1.54, 1.807) is 37.2 Å². The topological polar surface area (TPSA) is 271 Å². The van der Waals surface area contributed by atoms with Crippen molar-refractivity contribution in [3.05, 3.63) is 383 Å². The average molecular weight is 1550 g/mol. The maximum Gasteiger partial charge on any atom is 0.182 e. The summed E-state index contributed by atoms with van der Waals surface area (Å²) in [5.41, 5.74) is 25.2. The van der Waals surface area contributed by atoms with Crippen molar-refractivity contribution in [1.82, 2.24) is 105 Å². The minimum atomic E-state index is 0.336. The van der Waals surface area contributed by atoms with Crippen LogP contribution in [0.15, 0.2) is 383 Å². The van der Waals surface area contributed by atoms with Crippen molar-refractivity contribution in [3.8, 4) is 205 Å². The van der Waals surface area contributed by atoms with Gasteiger partial charge in [-0.1, -0.05) is 91.0 Å². The first-order valence-corrected chi connectivity index (χ1v) is 38.5. The molecule has 0 N–H and O–H groups in total. The summed E-state index contributed by atoms with van der Waals surface area (Å²) in [5, 5.41) is 0. The van der Waals surface area contributed by atoms with E-state index in [9.17, 15) is 0 Å². The Morgan fingerprint density at radius 2 is 0.275 bits per heavy atom. The SMILES string of the molecule is c1ccc(-c2ccc(-c3cccc(-c4cc(-c5cccc(-c6ccc(-c7ccccn7)nc6)n5)cc(-c5cccc(-c6ccc(-c7ccccn7)nc6)n5)c4)n3)cn2)nc1.c1ccc(-c2cccc(-c3cccc(-c4nc(-c5cccc(-c6cccc(-c7ccccn7)n6)n5)nc(-c5cccc(-c6cccc(-c7ccccn7)n6)n5)n4)n3)n2)nc1. The Bertz CT molecular complexity index is 6320. The number of hydrogen-bond donors (Lipinski definition) is 0. The molecule has 20 rings (SSSR count). The summed E-state index contributed by atoms with van der Waals surface area (Å²) in [5.74, 6) is 1.01. The second-order valence-corrected chi connectivity index (χ2v) is 27.4. The molecule has 564 valence electrons. The lowest BCUT2D eigenvalue weighted by Crippen LogP contribution is -2.04. The Kier molecular flexibility index (Phi) is 20.7. The standard InChI is InChI=1S/C51H33N9.C48H30N12/c1-4-25-52-46(10-1)49-22-19-34(31-55-49)40-13-7-16-43(58-40)37-28-38(44-17-8-14-41(59-44)35-20-23-50(56-32-35)47-11-2-5-26-53-47)30-39(29-37)45-18-9-15-42(60-45)36-21-24-51(57-33-36)48-12-3-6-27-54-48;1-4-28-49-31(13-1)34-16-7-19-37(52-34)40-22-10-25-43(55-40)46-58-47(44-26-11-23-41(56-44)38-20-8-17-35(53-38)32-14-2-5-29-50-32)60-48(59-46)45-27-12-24-42(57-45)39-21-9-18-36(54-39)33-15-3-6-30-51-33/h1-33H;1-30H. The lowest BCUT2D eigenvalue weighted by Gasteiger charge is -2.13. The molecule has 19 heterocycles. The van der Waals surface area contributed by atoms with Crippen LogP contribution < -0.4 is 0 Å². The zero-order valence-corrected chi connectivity index (χ0v) is 63.8. The van der Waals surface area contributed by atoms with E-state index in [0.717, 1.165) is 136 Å². The summed E-state index contributed by atoms with van der Waals surface area (Å²) in [7, 11) is 0. The Morgan fingerprint density at radius 1 is 0.108 bits per heavy atom. The predicted octanol–water partition coefficient (Wildman–Crippen LogP) is 20.7. The van der Waals surface area contributed by atoms with Crippen LogP contribution in [0.1, 0.15) is 0 Å². The van der Waals surface area contributed by atoms with E-state index in [1.807, 2.05) is 328 Å². The fourth-order valence-electron chi connectivity index (χ4n) is 13.5. The van der Waals surface area contributed by atoms with E-state index in [1.165, 1.54) is 0 Å². The van der Waals surface area contributed by atoms with Crippen LogP contribution in [0.5, 0.6) is 0 Å². The van der Waals surface area contributed by atoms with E-state index in [0.29, 0.717) is 68.7 Å². The summed E-state index contributed by atoms with van der Waals surface area (Å²) in [6, 6.07) is 106. The number of hydrogen-bond acceptors (Lipinski definition) is 21. The van der Waals surface area contributed by atoms with Gasteiger partial charge in [0.25, 0.3) is 0 Å². The molecule has 0 aliphatic rings. The van der Waals surface area contributed by atoms with Crippen LogP contribution in [0, 0.1) is 0 Å². The first-order valence-electron chi connectivity index (χ1n) is 38.5. The van der Waals surface area contributed by atoms with Gasteiger partial charge in [0.15, 0.2) is 17.5 Å². The van der Waals surface area contributed by atoms with E-state index < -0.39 is 0 Å². The number of pyridine rings is 18. The Morgan fingerprint density at radius 3 is 0.483 bits per heavy atom. The zero-order valence-electron chi connectivity index (χ0n) is 63.8. The van der Waals surface area contributed by atoms with Gasteiger partial charge in [0.2, 0.25) is 0 Å². The summed E-state index contributed by atoms with van der Waals surface area (Å²) < 4.78 is 0. The normalized spacial score (nSPS) is 11.0. The van der Waals surface area contributed by atoms with Crippen LogP contribution in [0.2, 0.25) is 0 Å². The molecule has 21 nitrogen and oxygen atoms in total. The van der Waals surface area contributed by atoms with Crippen LogP contribution in [-0.2, 0) is 0 Å². The second kappa shape index (κ2) is 33.9. The minimum Gasteiger partial charge on any atom is -0.255 e. The van der Waals surface area contributed by atoms with Gasteiger partial charge in [-0.3, -0.25) is 44.9 Å². The predicted molar refractivity (Wildman–Crippen MR) is 464 cm³/mol. The van der Waals surface area contributed by atoms with Gasteiger partial charge in [-0.25, -0.2) is 59.8 Å². The zero-order chi connectivity index (χ0) is 80.2. The van der Waals surface area contributed by atoms with Gasteiger partial charge in [0, 0.05) is 89.2 Å². The summed E-state index contributed by atoms with van der Waals surface area (Å²) in [4.78, 5) is 101. The molecule has 0 amide bonds. The number of benzene rings is 1. The van der Waals surface area contributed by atoms with Crippen molar-refractivity contribution in [2.24, 2.45) is 0 Å². The third-order valence-corrected chi connectivity index (χ3v) is 19.4. The third-order valence-electron chi connectivity index (χ3n) is 19.4. The van der Waals surface area contributed by atoms with Gasteiger partial charge in [-0.2, -0.15) is 0 Å². The van der Waals surface area contributed by atoms with Gasteiger partial charge in [-0.15, -0.1) is 0 Å². The fourth-order valence-corrected chi connectivity index (χ4v) is 13.5. The highest BCUT2D eigenvalue weighted by Gasteiger charge is 2.21. The molecule has 120 heavy (non-hydrogen) atoms. The molecule has 0 atom stereocenters. The summed E-state index contributed by atoms with van der Waals surface area (Å²) in [6.07, 6.45) is 16.1. The number of rotatable bonds is 18. The number of nitrogens with zero attached hydrogens (tertiary/aromatic N) is 21. The molecule has 0 bridgehead atoms. The van der Waals surface area contributed by atoms with Crippen LogP contribution in [0.4, 0.5) is 0 Å². The van der Waals surface area contributed by atoms with Gasteiger partial charge < -0.3 is 0 Å². The monoisotopic (exact) mass is 1550 g/mol. The molecule has 1 aromatic carbocycles. The lowest BCUT2D eigenvalue weighted by molar-refractivity contribution is 1.03. The summed E-state index contributed by atoms with van der Waals surface area (Å²) >= 11 is 0. The van der Waals surface area contributed by atoms with Crippen molar-refractivity contribution in [2.45, 2.75) is 0 Å². The highest BCUT2D eigenvalue weighted by molar-refractivity contribution is 5.82. The van der Waals surface area contributed by atoms with Crippen LogP contribution in [0.25, 0.3) is 205 Å². The largest absolute Gasteiger partial charge is 0.255 e. The molecule has 21 heteroatoms. The van der Waals surface area contributed by atoms with E-state index in [2.05, 4.69) is 48.1 Å². The molecule has 19 aromatic heterocycles. The molecular weight excluding hydrogens is 1480 g/mol. The van der Waals surface area contributed by atoms with E-state index in [4.69, 9.17) is 74.8 Å². The van der Waals surface area contributed by atoms with Crippen LogP contribution in [0.3, 0.4) is 0 Å². The first-order chi connectivity index (χ1) is 59.4. The molecule has 0 aliphatic heterocycles. The quantitative estimate of drug-likeness (QED) is 0.0772. The Labute approximate surface area is 688 Å². The van der Waals surface area contributed by atoms with Crippen molar-refractivity contribution in [2.75, 3.05) is 0 Å². The second-order valence-electron chi connectivity index (χ2n) is 27.4. The molecule has 0 saturated heterocycles. The molecule has 0 spiro atoms.